The van der Waals surface area contributed by atoms with Crippen molar-refractivity contribution in [2.24, 2.45) is 0 Å². The molecule has 6 heteroatoms. The first-order valence-electron chi connectivity index (χ1n) is 4.88. The van der Waals surface area contributed by atoms with Crippen molar-refractivity contribution in [3.8, 4) is 11.3 Å². The zero-order valence-electron chi connectivity index (χ0n) is 9.01. The second-order valence-corrected chi connectivity index (χ2v) is 3.84. The van der Waals surface area contributed by atoms with E-state index in [2.05, 4.69) is 5.16 Å². The number of rotatable bonds is 3. The quantitative estimate of drug-likeness (QED) is 0.477. The number of aromatic nitrogens is 1. The Labute approximate surface area is 102 Å². The SMILES string of the molecule is Cc1ccc(-c2oncc2CCl)cc1[N+](=O)[O-]. The largest absolute Gasteiger partial charge is 0.356 e. The van der Waals surface area contributed by atoms with Crippen molar-refractivity contribution in [2.75, 3.05) is 0 Å². The lowest BCUT2D eigenvalue weighted by molar-refractivity contribution is -0.385. The number of halogens is 1. The summed E-state index contributed by atoms with van der Waals surface area (Å²) in [7, 11) is 0. The van der Waals surface area contributed by atoms with Gasteiger partial charge in [-0.1, -0.05) is 17.3 Å². The van der Waals surface area contributed by atoms with Crippen molar-refractivity contribution >= 4 is 17.3 Å². The highest BCUT2D eigenvalue weighted by molar-refractivity contribution is 6.17. The summed E-state index contributed by atoms with van der Waals surface area (Å²) in [5.41, 5.74) is 1.98. The standard InChI is InChI=1S/C11H9ClN2O3/c1-7-2-3-8(4-10(7)14(15)16)11-9(5-12)6-13-17-11/h2-4,6H,5H2,1H3. The zero-order chi connectivity index (χ0) is 12.4. The molecule has 2 rings (SSSR count). The number of alkyl halides is 1. The van der Waals surface area contributed by atoms with E-state index in [1.807, 2.05) is 0 Å². The van der Waals surface area contributed by atoms with Crippen LogP contribution in [0.3, 0.4) is 0 Å². The maximum Gasteiger partial charge on any atom is 0.273 e. The van der Waals surface area contributed by atoms with Gasteiger partial charge in [-0.15, -0.1) is 11.6 Å². The second kappa shape index (κ2) is 4.55. The summed E-state index contributed by atoms with van der Waals surface area (Å²) in [5.74, 6) is 0.726. The summed E-state index contributed by atoms with van der Waals surface area (Å²) < 4.78 is 5.06. The Bertz CT molecular complexity index is 566. The van der Waals surface area contributed by atoms with Gasteiger partial charge in [-0.2, -0.15) is 0 Å². The fraction of sp³-hybridized carbons (Fsp3) is 0.182. The van der Waals surface area contributed by atoms with Crippen molar-refractivity contribution in [2.45, 2.75) is 12.8 Å². The highest BCUT2D eigenvalue weighted by Gasteiger charge is 2.16. The van der Waals surface area contributed by atoms with Crippen LogP contribution in [-0.2, 0) is 5.88 Å². The molecular formula is C11H9ClN2O3. The molecule has 1 aromatic heterocycles. The molecule has 0 amide bonds. The van der Waals surface area contributed by atoms with E-state index in [0.29, 0.717) is 22.5 Å². The van der Waals surface area contributed by atoms with E-state index in [9.17, 15) is 10.1 Å². The van der Waals surface area contributed by atoms with Gasteiger partial charge in [-0.25, -0.2) is 0 Å². The predicted octanol–water partition coefficient (Wildman–Crippen LogP) is 3.30. The van der Waals surface area contributed by atoms with Gasteiger partial charge in [0.2, 0.25) is 0 Å². The Morgan fingerprint density at radius 3 is 2.94 bits per heavy atom. The Balaban J connectivity index is 2.54. The molecule has 0 radical (unpaired) electrons. The molecule has 0 saturated heterocycles. The molecule has 0 fully saturated rings. The van der Waals surface area contributed by atoms with E-state index >= 15 is 0 Å². The third kappa shape index (κ3) is 2.14. The third-order valence-electron chi connectivity index (χ3n) is 2.46. The molecular weight excluding hydrogens is 244 g/mol. The molecule has 0 N–H and O–H groups in total. The van der Waals surface area contributed by atoms with Crippen LogP contribution in [0.4, 0.5) is 5.69 Å². The minimum Gasteiger partial charge on any atom is -0.356 e. The van der Waals surface area contributed by atoms with Gasteiger partial charge in [-0.3, -0.25) is 10.1 Å². The summed E-state index contributed by atoms with van der Waals surface area (Å²) in [6, 6.07) is 4.89. The molecule has 17 heavy (non-hydrogen) atoms. The van der Waals surface area contributed by atoms with Crippen molar-refractivity contribution in [1.29, 1.82) is 0 Å². The number of hydrogen-bond acceptors (Lipinski definition) is 4. The van der Waals surface area contributed by atoms with Gasteiger partial charge >= 0.3 is 0 Å². The number of nitrogens with zero attached hydrogens (tertiary/aromatic N) is 2. The van der Waals surface area contributed by atoms with Gasteiger partial charge in [0.1, 0.15) is 0 Å². The van der Waals surface area contributed by atoms with Crippen LogP contribution in [0.25, 0.3) is 11.3 Å². The summed E-state index contributed by atoms with van der Waals surface area (Å²) >= 11 is 5.72. The summed E-state index contributed by atoms with van der Waals surface area (Å²) in [4.78, 5) is 10.4. The first kappa shape index (κ1) is 11.6. The Kier molecular flexibility index (Phi) is 3.10. The summed E-state index contributed by atoms with van der Waals surface area (Å²) in [6.07, 6.45) is 1.51. The molecule has 1 aromatic carbocycles. The molecule has 0 unspecified atom stereocenters. The highest BCUT2D eigenvalue weighted by Crippen LogP contribution is 2.29. The van der Waals surface area contributed by atoms with Crippen LogP contribution in [0.15, 0.2) is 28.9 Å². The summed E-state index contributed by atoms with van der Waals surface area (Å²) in [5, 5.41) is 14.5. The van der Waals surface area contributed by atoms with Crippen LogP contribution < -0.4 is 0 Å². The van der Waals surface area contributed by atoms with Crippen LogP contribution >= 0.6 is 11.6 Å². The minimum atomic E-state index is -0.421. The molecule has 0 saturated carbocycles. The predicted molar refractivity (Wildman–Crippen MR) is 62.9 cm³/mol. The maximum absolute atomic E-state index is 10.8. The van der Waals surface area contributed by atoms with Gasteiger partial charge in [0.25, 0.3) is 5.69 Å². The average molecular weight is 253 g/mol. The fourth-order valence-corrected chi connectivity index (χ4v) is 1.73. The van der Waals surface area contributed by atoms with Crippen LogP contribution in [0.1, 0.15) is 11.1 Å². The lowest BCUT2D eigenvalue weighted by Crippen LogP contribution is -1.92. The molecule has 0 aliphatic carbocycles. The Morgan fingerprint density at radius 1 is 1.53 bits per heavy atom. The first-order valence-corrected chi connectivity index (χ1v) is 5.42. The second-order valence-electron chi connectivity index (χ2n) is 3.57. The van der Waals surface area contributed by atoms with Crippen molar-refractivity contribution in [3.05, 3.63) is 45.6 Å². The lowest BCUT2D eigenvalue weighted by Gasteiger charge is -2.01. The monoisotopic (exact) mass is 252 g/mol. The van der Waals surface area contributed by atoms with Gasteiger partial charge < -0.3 is 4.52 Å². The van der Waals surface area contributed by atoms with E-state index in [0.717, 1.165) is 0 Å². The van der Waals surface area contributed by atoms with Crippen LogP contribution in [-0.4, -0.2) is 10.1 Å². The molecule has 1 heterocycles. The number of hydrogen-bond donors (Lipinski definition) is 0. The molecule has 0 atom stereocenters. The molecule has 0 spiro atoms. The Morgan fingerprint density at radius 2 is 2.29 bits per heavy atom. The van der Waals surface area contributed by atoms with Crippen molar-refractivity contribution < 1.29 is 9.45 Å². The van der Waals surface area contributed by atoms with Gasteiger partial charge in [0, 0.05) is 22.8 Å². The third-order valence-corrected chi connectivity index (χ3v) is 2.74. The molecule has 0 aliphatic rings. The number of aryl methyl sites for hydroxylation is 1. The number of benzene rings is 1. The lowest BCUT2D eigenvalue weighted by atomic mass is 10.1. The topological polar surface area (TPSA) is 69.2 Å². The van der Waals surface area contributed by atoms with Gasteiger partial charge in [-0.05, 0) is 6.92 Å². The highest BCUT2D eigenvalue weighted by atomic mass is 35.5. The Hall–Kier alpha value is -1.88. The smallest absolute Gasteiger partial charge is 0.273 e. The van der Waals surface area contributed by atoms with Crippen LogP contribution in [0.2, 0.25) is 0 Å². The van der Waals surface area contributed by atoms with E-state index in [1.54, 1.807) is 19.1 Å². The van der Waals surface area contributed by atoms with Gasteiger partial charge in [0.05, 0.1) is 17.0 Å². The van der Waals surface area contributed by atoms with Crippen LogP contribution in [0.5, 0.6) is 0 Å². The first-order chi connectivity index (χ1) is 8.13. The van der Waals surface area contributed by atoms with E-state index in [-0.39, 0.29) is 11.6 Å². The van der Waals surface area contributed by atoms with E-state index in [1.165, 1.54) is 12.3 Å². The maximum atomic E-state index is 10.8. The van der Waals surface area contributed by atoms with E-state index in [4.69, 9.17) is 16.1 Å². The molecule has 88 valence electrons. The number of nitro groups is 1. The van der Waals surface area contributed by atoms with Crippen LogP contribution in [0, 0.1) is 17.0 Å². The fourth-order valence-electron chi connectivity index (χ4n) is 1.54. The summed E-state index contributed by atoms with van der Waals surface area (Å²) in [6.45, 7) is 1.69. The number of nitro benzene ring substituents is 1. The zero-order valence-corrected chi connectivity index (χ0v) is 9.77. The van der Waals surface area contributed by atoms with Crippen molar-refractivity contribution in [3.63, 3.8) is 0 Å². The molecule has 0 aliphatic heterocycles. The normalized spacial score (nSPS) is 10.5. The van der Waals surface area contributed by atoms with E-state index < -0.39 is 4.92 Å². The molecule has 0 bridgehead atoms. The molecule has 5 nitrogen and oxygen atoms in total. The van der Waals surface area contributed by atoms with Crippen molar-refractivity contribution in [1.82, 2.24) is 5.16 Å². The minimum absolute atomic E-state index is 0.0550. The van der Waals surface area contributed by atoms with Gasteiger partial charge in [0.15, 0.2) is 5.76 Å². The average Bonchev–Trinajstić information content (AvgIpc) is 2.77. The molecule has 2 aromatic rings.